The Morgan fingerprint density at radius 2 is 1.85 bits per heavy atom. The van der Waals surface area contributed by atoms with Gasteiger partial charge in [0.05, 0.1) is 35.4 Å². The van der Waals surface area contributed by atoms with Gasteiger partial charge in [-0.15, -0.1) is 6.58 Å². The van der Waals surface area contributed by atoms with Crippen molar-refractivity contribution in [2.24, 2.45) is 5.10 Å². The lowest BCUT2D eigenvalue weighted by molar-refractivity contribution is 0.267. The van der Waals surface area contributed by atoms with Gasteiger partial charge in [0, 0.05) is 17.0 Å². The van der Waals surface area contributed by atoms with E-state index in [9.17, 15) is 10.1 Å². The predicted molar refractivity (Wildman–Crippen MR) is 162 cm³/mol. The molecule has 1 heterocycles. The van der Waals surface area contributed by atoms with Crippen molar-refractivity contribution in [3.8, 4) is 17.6 Å². The quantitative estimate of drug-likeness (QED) is 0.159. The molecule has 41 heavy (non-hydrogen) atoms. The topological polar surface area (TPSA) is 89.5 Å². The fraction of sp³-hybridized carbons (Fsp3) is 0.294. The molecule has 3 aromatic carbocycles. The summed E-state index contributed by atoms with van der Waals surface area (Å²) in [5.41, 5.74) is 3.55. The van der Waals surface area contributed by atoms with Gasteiger partial charge in [0.2, 0.25) is 0 Å². The van der Waals surface area contributed by atoms with Crippen LogP contribution in [-0.2, 0) is 13.0 Å². The Kier molecular flexibility index (Phi) is 8.90. The van der Waals surface area contributed by atoms with Crippen molar-refractivity contribution < 1.29 is 9.47 Å². The average Bonchev–Trinajstić information content (AvgIpc) is 3.01. The number of fused-ring (bicyclic) bond motifs is 1. The van der Waals surface area contributed by atoms with Crippen LogP contribution in [0.15, 0.2) is 83.2 Å². The van der Waals surface area contributed by atoms with Gasteiger partial charge in [-0.25, -0.2) is 4.98 Å². The van der Waals surface area contributed by atoms with Crippen molar-refractivity contribution in [2.45, 2.75) is 58.0 Å². The summed E-state index contributed by atoms with van der Waals surface area (Å²) in [6.07, 6.45) is 9.50. The van der Waals surface area contributed by atoms with E-state index >= 15 is 0 Å². The fourth-order valence-corrected chi connectivity index (χ4v) is 5.40. The summed E-state index contributed by atoms with van der Waals surface area (Å²) < 4.78 is 13.7. The lowest BCUT2D eigenvalue weighted by atomic mass is 9.88. The van der Waals surface area contributed by atoms with Gasteiger partial charge in [-0.3, -0.25) is 4.79 Å². The molecule has 1 aliphatic rings. The van der Waals surface area contributed by atoms with E-state index in [0.717, 1.165) is 48.2 Å². The number of nitrogens with zero attached hydrogens (tertiary/aromatic N) is 4. The molecule has 0 amide bonds. The molecular formula is C34H34N4O3. The Bertz CT molecular complexity index is 1680. The third-order valence-corrected chi connectivity index (χ3v) is 7.40. The predicted octanol–water partition coefficient (Wildman–Crippen LogP) is 6.90. The maximum Gasteiger partial charge on any atom is 0.282 e. The molecule has 0 spiro atoms. The average molecular weight is 547 g/mol. The Balaban J connectivity index is 1.54. The number of rotatable bonds is 10. The number of hydrogen-bond donors (Lipinski definition) is 0. The van der Waals surface area contributed by atoms with Gasteiger partial charge in [-0.2, -0.15) is 15.0 Å². The van der Waals surface area contributed by atoms with Crippen LogP contribution in [0.3, 0.4) is 0 Å². The van der Waals surface area contributed by atoms with Crippen LogP contribution in [0.5, 0.6) is 11.5 Å². The molecular weight excluding hydrogens is 512 g/mol. The lowest BCUT2D eigenvalue weighted by Gasteiger charge is -2.22. The first kappa shape index (κ1) is 27.9. The van der Waals surface area contributed by atoms with Crippen molar-refractivity contribution >= 4 is 17.1 Å². The molecule has 1 fully saturated rings. The standard InChI is InChI=1S/C34H34N4O3/c1-3-12-26-19-24(20-31(40-4-2)32(26)41-23-28-16-9-8-15-27(28)21-35)22-36-38-33(25-13-6-5-7-14-25)37-30-18-11-10-17-29(30)34(38)39/h3,8-11,15-20,22,25H,1,4-7,12-14,23H2,2H3. The Morgan fingerprint density at radius 1 is 1.07 bits per heavy atom. The molecule has 0 saturated heterocycles. The summed E-state index contributed by atoms with van der Waals surface area (Å²) in [7, 11) is 0. The van der Waals surface area contributed by atoms with E-state index in [1.807, 2.05) is 55.5 Å². The maximum atomic E-state index is 13.6. The van der Waals surface area contributed by atoms with Crippen molar-refractivity contribution in [1.29, 1.82) is 5.26 Å². The number of para-hydroxylation sites is 1. The van der Waals surface area contributed by atoms with E-state index < -0.39 is 0 Å². The van der Waals surface area contributed by atoms with Crippen molar-refractivity contribution in [2.75, 3.05) is 6.61 Å². The first-order chi connectivity index (χ1) is 20.1. The van der Waals surface area contributed by atoms with Gasteiger partial charge in [0.15, 0.2) is 11.5 Å². The number of aromatic nitrogens is 2. The summed E-state index contributed by atoms with van der Waals surface area (Å²) in [5.74, 6) is 2.08. The highest BCUT2D eigenvalue weighted by Crippen LogP contribution is 2.35. The number of allylic oxidation sites excluding steroid dienone is 1. The molecule has 7 nitrogen and oxygen atoms in total. The number of nitriles is 1. The highest BCUT2D eigenvalue weighted by Gasteiger charge is 2.22. The molecule has 4 aromatic rings. The molecule has 0 N–H and O–H groups in total. The monoisotopic (exact) mass is 546 g/mol. The molecule has 1 saturated carbocycles. The molecule has 208 valence electrons. The SMILES string of the molecule is C=CCc1cc(C=Nn2c(C3CCCCC3)nc3ccccc3c2=O)cc(OCC)c1OCc1ccccc1C#N. The minimum atomic E-state index is -0.167. The summed E-state index contributed by atoms with van der Waals surface area (Å²) in [5, 5.41) is 14.7. The minimum absolute atomic E-state index is 0.167. The number of benzene rings is 3. The Morgan fingerprint density at radius 3 is 2.63 bits per heavy atom. The largest absolute Gasteiger partial charge is 0.490 e. The molecule has 5 rings (SSSR count). The van der Waals surface area contributed by atoms with Crippen LogP contribution in [0.25, 0.3) is 10.9 Å². The smallest absolute Gasteiger partial charge is 0.282 e. The third kappa shape index (κ3) is 6.22. The van der Waals surface area contributed by atoms with E-state index in [1.54, 1.807) is 24.4 Å². The van der Waals surface area contributed by atoms with E-state index in [1.165, 1.54) is 11.1 Å². The molecule has 0 radical (unpaired) electrons. The highest BCUT2D eigenvalue weighted by atomic mass is 16.5. The summed E-state index contributed by atoms with van der Waals surface area (Å²) in [6, 6.07) is 20.9. The van der Waals surface area contributed by atoms with E-state index in [4.69, 9.17) is 19.6 Å². The van der Waals surface area contributed by atoms with Crippen LogP contribution in [0.4, 0.5) is 0 Å². The first-order valence-electron chi connectivity index (χ1n) is 14.2. The second kappa shape index (κ2) is 13.1. The summed E-state index contributed by atoms with van der Waals surface area (Å²) in [6.45, 7) is 6.50. The van der Waals surface area contributed by atoms with Crippen LogP contribution in [0.1, 0.15) is 73.0 Å². The Hall–Kier alpha value is -4.70. The van der Waals surface area contributed by atoms with Crippen LogP contribution in [0, 0.1) is 11.3 Å². The van der Waals surface area contributed by atoms with Gasteiger partial charge >= 0.3 is 0 Å². The van der Waals surface area contributed by atoms with Gasteiger partial charge < -0.3 is 9.47 Å². The van der Waals surface area contributed by atoms with Gasteiger partial charge in [0.1, 0.15) is 12.4 Å². The van der Waals surface area contributed by atoms with Crippen LogP contribution in [-0.4, -0.2) is 22.5 Å². The molecule has 0 atom stereocenters. The van der Waals surface area contributed by atoms with E-state index in [0.29, 0.717) is 41.0 Å². The van der Waals surface area contributed by atoms with Crippen LogP contribution < -0.4 is 15.0 Å². The Labute approximate surface area is 240 Å². The fourth-order valence-electron chi connectivity index (χ4n) is 5.40. The third-order valence-electron chi connectivity index (χ3n) is 7.40. The van der Waals surface area contributed by atoms with Gasteiger partial charge in [-0.1, -0.05) is 55.7 Å². The van der Waals surface area contributed by atoms with E-state index in [2.05, 4.69) is 12.6 Å². The zero-order valence-corrected chi connectivity index (χ0v) is 23.4. The van der Waals surface area contributed by atoms with Gasteiger partial charge in [-0.05, 0) is 62.1 Å². The molecule has 0 bridgehead atoms. The first-order valence-corrected chi connectivity index (χ1v) is 14.2. The number of ether oxygens (including phenoxy) is 2. The van der Waals surface area contributed by atoms with Crippen molar-refractivity contribution in [3.05, 3.63) is 112 Å². The van der Waals surface area contributed by atoms with Gasteiger partial charge in [0.25, 0.3) is 5.56 Å². The molecule has 0 aliphatic heterocycles. The normalized spacial score (nSPS) is 13.8. The molecule has 1 aliphatic carbocycles. The highest BCUT2D eigenvalue weighted by molar-refractivity contribution is 5.82. The molecule has 1 aromatic heterocycles. The lowest BCUT2D eigenvalue weighted by Crippen LogP contribution is -2.25. The van der Waals surface area contributed by atoms with Crippen LogP contribution >= 0.6 is 0 Å². The maximum absolute atomic E-state index is 13.6. The second-order valence-electron chi connectivity index (χ2n) is 10.2. The molecule has 0 unspecified atom stereocenters. The zero-order valence-electron chi connectivity index (χ0n) is 23.4. The number of hydrogen-bond acceptors (Lipinski definition) is 6. The van der Waals surface area contributed by atoms with Crippen molar-refractivity contribution in [1.82, 2.24) is 9.66 Å². The second-order valence-corrected chi connectivity index (χ2v) is 10.2. The van der Waals surface area contributed by atoms with Crippen LogP contribution in [0.2, 0.25) is 0 Å². The minimum Gasteiger partial charge on any atom is -0.490 e. The van der Waals surface area contributed by atoms with E-state index in [-0.39, 0.29) is 18.1 Å². The summed E-state index contributed by atoms with van der Waals surface area (Å²) in [4.78, 5) is 18.5. The summed E-state index contributed by atoms with van der Waals surface area (Å²) >= 11 is 0. The van der Waals surface area contributed by atoms with Crippen molar-refractivity contribution in [3.63, 3.8) is 0 Å². The zero-order chi connectivity index (χ0) is 28.6. The molecule has 7 heteroatoms.